The summed E-state index contributed by atoms with van der Waals surface area (Å²) in [6.07, 6.45) is 2.64. The van der Waals surface area contributed by atoms with Gasteiger partial charge in [-0.2, -0.15) is 5.10 Å². The molecule has 0 saturated carbocycles. The summed E-state index contributed by atoms with van der Waals surface area (Å²) in [7, 11) is -3.38. The fourth-order valence-electron chi connectivity index (χ4n) is 3.62. The van der Waals surface area contributed by atoms with Crippen LogP contribution in [0.15, 0.2) is 88.7 Å². The van der Waals surface area contributed by atoms with E-state index >= 15 is 0 Å². The van der Waals surface area contributed by atoms with Crippen LogP contribution in [-0.4, -0.2) is 24.5 Å². The maximum absolute atomic E-state index is 13.6. The zero-order valence-electron chi connectivity index (χ0n) is 17.9. The topological polar surface area (TPSA) is 69.0 Å². The Labute approximate surface area is 189 Å². The van der Waals surface area contributed by atoms with Crippen LogP contribution in [0.1, 0.15) is 18.5 Å². The van der Waals surface area contributed by atoms with E-state index in [2.05, 4.69) is 5.10 Å². The zero-order chi connectivity index (χ0) is 23.8. The van der Waals surface area contributed by atoms with Crippen molar-refractivity contribution in [3.63, 3.8) is 0 Å². The van der Waals surface area contributed by atoms with E-state index in [0.717, 1.165) is 6.26 Å². The van der Waals surface area contributed by atoms with Gasteiger partial charge in [-0.1, -0.05) is 36.4 Å². The number of aromatic nitrogens is 2. The molecule has 0 bridgehead atoms. The molecule has 0 saturated heterocycles. The fourth-order valence-corrected chi connectivity index (χ4v) is 4.25. The molecule has 33 heavy (non-hydrogen) atoms. The van der Waals surface area contributed by atoms with Crippen molar-refractivity contribution in [2.75, 3.05) is 6.26 Å². The summed E-state index contributed by atoms with van der Waals surface area (Å²) in [6, 6.07) is 17.0. The SMILES string of the molecule is CC(c1ccc(F)cc1)n1ncc(-c2ccc(S(C)(=O)=O)cc2)c(-c2ccc(F)cc2)c1=O. The first kappa shape index (κ1) is 22.5. The van der Waals surface area contributed by atoms with E-state index in [-0.39, 0.29) is 10.7 Å². The van der Waals surface area contributed by atoms with E-state index < -0.39 is 27.3 Å². The van der Waals surface area contributed by atoms with Gasteiger partial charge in [0.15, 0.2) is 9.84 Å². The molecular formula is C25H20F2N2O3S. The van der Waals surface area contributed by atoms with Crippen molar-refractivity contribution in [3.8, 4) is 22.3 Å². The van der Waals surface area contributed by atoms with E-state index in [1.54, 1.807) is 31.2 Å². The van der Waals surface area contributed by atoms with Gasteiger partial charge in [0.05, 0.1) is 22.7 Å². The summed E-state index contributed by atoms with van der Waals surface area (Å²) in [5.74, 6) is -0.821. The molecule has 0 radical (unpaired) electrons. The normalized spacial score (nSPS) is 12.5. The van der Waals surface area contributed by atoms with Gasteiger partial charge in [0.25, 0.3) is 5.56 Å². The molecule has 1 heterocycles. The minimum absolute atomic E-state index is 0.154. The molecule has 4 aromatic rings. The van der Waals surface area contributed by atoms with Crippen LogP contribution in [0.2, 0.25) is 0 Å². The number of sulfone groups is 1. The highest BCUT2D eigenvalue weighted by Crippen LogP contribution is 2.30. The first-order valence-electron chi connectivity index (χ1n) is 10.1. The van der Waals surface area contributed by atoms with Crippen molar-refractivity contribution in [1.82, 2.24) is 9.78 Å². The second-order valence-electron chi connectivity index (χ2n) is 7.71. The Balaban J connectivity index is 1.90. The molecule has 0 spiro atoms. The van der Waals surface area contributed by atoms with Gasteiger partial charge >= 0.3 is 0 Å². The van der Waals surface area contributed by atoms with E-state index in [9.17, 15) is 22.0 Å². The molecular weight excluding hydrogens is 446 g/mol. The minimum Gasteiger partial charge on any atom is -0.267 e. The number of benzene rings is 3. The van der Waals surface area contributed by atoms with Crippen LogP contribution in [0, 0.1) is 11.6 Å². The molecule has 4 rings (SSSR count). The minimum atomic E-state index is -3.38. The highest BCUT2D eigenvalue weighted by atomic mass is 32.2. The second kappa shape index (κ2) is 8.71. The van der Waals surface area contributed by atoms with Gasteiger partial charge in [-0.05, 0) is 60.0 Å². The summed E-state index contributed by atoms with van der Waals surface area (Å²) in [5.41, 5.74) is 2.14. The lowest BCUT2D eigenvalue weighted by Gasteiger charge is -2.18. The van der Waals surface area contributed by atoms with Crippen molar-refractivity contribution in [2.45, 2.75) is 17.9 Å². The van der Waals surface area contributed by atoms with Gasteiger partial charge < -0.3 is 0 Å². The fraction of sp³-hybridized carbons (Fsp3) is 0.120. The monoisotopic (exact) mass is 466 g/mol. The standard InChI is InChI=1S/C25H20F2N2O3S/c1-16(17-3-9-20(26)10-4-17)29-25(30)24(19-5-11-21(27)12-6-19)23(15-28-29)18-7-13-22(14-8-18)33(2,31)32/h3-16H,1-2H3. The van der Waals surface area contributed by atoms with Crippen LogP contribution >= 0.6 is 0 Å². The highest BCUT2D eigenvalue weighted by molar-refractivity contribution is 7.90. The lowest BCUT2D eigenvalue weighted by molar-refractivity contribution is 0.531. The molecule has 8 heteroatoms. The Morgan fingerprint density at radius 2 is 1.33 bits per heavy atom. The van der Waals surface area contributed by atoms with Crippen LogP contribution in [-0.2, 0) is 9.84 Å². The van der Waals surface area contributed by atoms with Crippen molar-refractivity contribution in [2.24, 2.45) is 0 Å². The highest BCUT2D eigenvalue weighted by Gasteiger charge is 2.19. The van der Waals surface area contributed by atoms with Crippen molar-refractivity contribution in [1.29, 1.82) is 0 Å². The molecule has 5 nitrogen and oxygen atoms in total. The molecule has 0 fully saturated rings. The van der Waals surface area contributed by atoms with Crippen LogP contribution < -0.4 is 5.56 Å². The smallest absolute Gasteiger partial charge is 0.267 e. The van der Waals surface area contributed by atoms with E-state index in [4.69, 9.17) is 0 Å². The van der Waals surface area contributed by atoms with Crippen molar-refractivity contribution < 1.29 is 17.2 Å². The number of hydrogen-bond acceptors (Lipinski definition) is 4. The predicted octanol–water partition coefficient (Wildman–Crippen LogP) is 4.87. The second-order valence-corrected chi connectivity index (χ2v) is 9.73. The van der Waals surface area contributed by atoms with Crippen molar-refractivity contribution >= 4 is 9.84 Å². The number of rotatable bonds is 5. The molecule has 1 atom stereocenters. The third-order valence-corrected chi connectivity index (χ3v) is 6.58. The average Bonchev–Trinajstić information content (AvgIpc) is 2.79. The summed E-state index contributed by atoms with van der Waals surface area (Å²) < 4.78 is 51.8. The van der Waals surface area contributed by atoms with Crippen LogP contribution in [0.25, 0.3) is 22.3 Å². The maximum atomic E-state index is 13.6. The molecule has 0 aliphatic carbocycles. The summed E-state index contributed by atoms with van der Waals surface area (Å²) in [6.45, 7) is 1.77. The molecule has 168 valence electrons. The zero-order valence-corrected chi connectivity index (χ0v) is 18.7. The van der Waals surface area contributed by atoms with Crippen LogP contribution in [0.4, 0.5) is 8.78 Å². The van der Waals surface area contributed by atoms with E-state index in [1.807, 2.05) is 0 Å². The first-order valence-corrected chi connectivity index (χ1v) is 12.0. The van der Waals surface area contributed by atoms with Gasteiger partial charge in [0.1, 0.15) is 11.6 Å². The Hall–Kier alpha value is -3.65. The third-order valence-electron chi connectivity index (χ3n) is 5.45. The van der Waals surface area contributed by atoms with Gasteiger partial charge in [-0.25, -0.2) is 21.9 Å². The van der Waals surface area contributed by atoms with E-state index in [1.165, 1.54) is 59.4 Å². The summed E-state index contributed by atoms with van der Waals surface area (Å²) >= 11 is 0. The van der Waals surface area contributed by atoms with Crippen LogP contribution in [0.5, 0.6) is 0 Å². The quantitative estimate of drug-likeness (QED) is 0.421. The first-order chi connectivity index (χ1) is 15.6. The average molecular weight is 467 g/mol. The summed E-state index contributed by atoms with van der Waals surface area (Å²) in [4.78, 5) is 13.7. The molecule has 1 unspecified atom stereocenters. The van der Waals surface area contributed by atoms with Crippen LogP contribution in [0.3, 0.4) is 0 Å². The van der Waals surface area contributed by atoms with Gasteiger partial charge in [-0.3, -0.25) is 4.79 Å². The lowest BCUT2D eigenvalue weighted by atomic mass is 9.97. The number of hydrogen-bond donors (Lipinski definition) is 0. The Bertz CT molecular complexity index is 1460. The van der Waals surface area contributed by atoms with Gasteiger partial charge in [0.2, 0.25) is 0 Å². The molecule has 0 aliphatic rings. The van der Waals surface area contributed by atoms with Crippen molar-refractivity contribution in [3.05, 3.63) is 107 Å². The molecule has 1 aromatic heterocycles. The maximum Gasteiger partial charge on any atom is 0.275 e. The van der Waals surface area contributed by atoms with Gasteiger partial charge in [0, 0.05) is 11.8 Å². The Kier molecular flexibility index (Phi) is 5.95. The van der Waals surface area contributed by atoms with Gasteiger partial charge in [-0.15, -0.1) is 0 Å². The number of halogens is 2. The van der Waals surface area contributed by atoms with E-state index in [0.29, 0.717) is 27.8 Å². The predicted molar refractivity (Wildman–Crippen MR) is 123 cm³/mol. The number of nitrogens with zero attached hydrogens (tertiary/aromatic N) is 2. The Morgan fingerprint density at radius 3 is 1.88 bits per heavy atom. The molecule has 0 amide bonds. The summed E-state index contributed by atoms with van der Waals surface area (Å²) in [5, 5.41) is 4.35. The molecule has 3 aromatic carbocycles. The third kappa shape index (κ3) is 4.61. The Morgan fingerprint density at radius 1 is 0.818 bits per heavy atom. The molecule has 0 aliphatic heterocycles. The lowest BCUT2D eigenvalue weighted by Crippen LogP contribution is -2.28. The molecule has 0 N–H and O–H groups in total. The largest absolute Gasteiger partial charge is 0.275 e.